The van der Waals surface area contributed by atoms with E-state index >= 15 is 0 Å². The standard InChI is InChI=1S/C66H38BN3S2/c1-3-17-39(18-4-1)41-33-58-63-59(34-41)70-56-29-15-10-24-46(56)50-36-51-47-25-11-16-30-60(47)72-66(51)64(65(50)70)67(63)52-38-62-49(37-57(52)69(58)53-26-12-7-21-43(53)40-19-5-2-6-20-40)48-35-42(31-32-61(48)71-62)68-54-27-13-8-22-44(54)45-23-9-14-28-55(45)68/h1-38H. The van der Waals surface area contributed by atoms with Crippen molar-refractivity contribution in [1.82, 2.24) is 9.13 Å². The van der Waals surface area contributed by atoms with E-state index in [1.165, 1.54) is 145 Å². The van der Waals surface area contributed by atoms with Gasteiger partial charge in [-0.1, -0.05) is 152 Å². The zero-order valence-corrected chi connectivity index (χ0v) is 40.3. The minimum atomic E-state index is -0.0474. The maximum atomic E-state index is 2.64. The number of thiophene rings is 2. The van der Waals surface area contributed by atoms with E-state index in [0.717, 1.165) is 5.69 Å². The molecule has 0 aliphatic carbocycles. The van der Waals surface area contributed by atoms with E-state index in [4.69, 9.17) is 0 Å². The molecule has 11 aromatic carbocycles. The van der Waals surface area contributed by atoms with Crippen molar-refractivity contribution in [2.75, 3.05) is 4.90 Å². The number of anilines is 3. The Balaban J connectivity index is 1.04. The van der Waals surface area contributed by atoms with Crippen LogP contribution in [0.5, 0.6) is 0 Å². The summed E-state index contributed by atoms with van der Waals surface area (Å²) in [7, 11) is 0. The van der Waals surface area contributed by atoms with Gasteiger partial charge in [0.25, 0.3) is 6.71 Å². The van der Waals surface area contributed by atoms with E-state index in [1.807, 2.05) is 22.7 Å². The quantitative estimate of drug-likeness (QED) is 0.160. The Bertz CT molecular complexity index is 4770. The van der Waals surface area contributed by atoms with E-state index in [9.17, 15) is 0 Å². The number of hydrogen-bond donors (Lipinski definition) is 0. The lowest BCUT2D eigenvalue weighted by molar-refractivity contribution is 1.18. The molecular weight excluding hydrogens is 910 g/mol. The van der Waals surface area contributed by atoms with Gasteiger partial charge in [0.2, 0.25) is 0 Å². The van der Waals surface area contributed by atoms with Crippen LogP contribution in [0, 0.1) is 0 Å². The van der Waals surface area contributed by atoms with Crippen LogP contribution in [-0.4, -0.2) is 15.8 Å². The lowest BCUT2D eigenvalue weighted by atomic mass is 9.33. The Morgan fingerprint density at radius 2 is 0.917 bits per heavy atom. The maximum absolute atomic E-state index is 2.64. The molecule has 2 aliphatic rings. The Labute approximate surface area is 422 Å². The third-order valence-electron chi connectivity index (χ3n) is 15.9. The average molecular weight is 948 g/mol. The lowest BCUT2D eigenvalue weighted by Gasteiger charge is -2.41. The number of hydrogen-bond acceptors (Lipinski definition) is 3. The largest absolute Gasteiger partial charge is 0.311 e. The summed E-state index contributed by atoms with van der Waals surface area (Å²) in [5, 5.41) is 10.4. The minimum absolute atomic E-state index is 0.0474. The van der Waals surface area contributed by atoms with Gasteiger partial charge in [-0.2, -0.15) is 0 Å². The first-order valence-corrected chi connectivity index (χ1v) is 26.4. The van der Waals surface area contributed by atoms with Gasteiger partial charge < -0.3 is 14.0 Å². The molecule has 4 aromatic heterocycles. The first kappa shape index (κ1) is 39.1. The summed E-state index contributed by atoms with van der Waals surface area (Å²) in [5.74, 6) is 0. The van der Waals surface area contributed by atoms with Crippen LogP contribution in [-0.2, 0) is 0 Å². The van der Waals surface area contributed by atoms with Crippen molar-refractivity contribution in [3.63, 3.8) is 0 Å². The number of nitrogens with zero attached hydrogens (tertiary/aromatic N) is 3. The van der Waals surface area contributed by atoms with Crippen LogP contribution in [0.25, 0.3) is 118 Å². The molecule has 15 aromatic rings. The highest BCUT2D eigenvalue weighted by Crippen LogP contribution is 2.50. The van der Waals surface area contributed by atoms with Gasteiger partial charge in [0.15, 0.2) is 0 Å². The number of para-hydroxylation sites is 4. The molecule has 6 heterocycles. The zero-order valence-electron chi connectivity index (χ0n) is 38.7. The third kappa shape index (κ3) is 5.19. The predicted octanol–water partition coefficient (Wildman–Crippen LogP) is 16.6. The molecule has 0 radical (unpaired) electrons. The van der Waals surface area contributed by atoms with Crippen molar-refractivity contribution in [1.29, 1.82) is 0 Å². The fourth-order valence-electron chi connectivity index (χ4n) is 12.9. The Morgan fingerprint density at radius 1 is 0.319 bits per heavy atom. The van der Waals surface area contributed by atoms with Gasteiger partial charge in [-0.3, -0.25) is 0 Å². The van der Waals surface area contributed by atoms with Crippen LogP contribution in [0.3, 0.4) is 0 Å². The molecule has 0 saturated carbocycles. The highest BCUT2D eigenvalue weighted by molar-refractivity contribution is 7.28. The van der Waals surface area contributed by atoms with Gasteiger partial charge in [-0.15, -0.1) is 22.7 Å². The molecule has 0 fully saturated rings. The Hall–Kier alpha value is -8.68. The Kier molecular flexibility index (Phi) is 7.85. The molecule has 0 N–H and O–H groups in total. The highest BCUT2D eigenvalue weighted by atomic mass is 32.1. The third-order valence-corrected chi connectivity index (χ3v) is 18.2. The molecule has 0 bridgehead atoms. The van der Waals surface area contributed by atoms with Crippen LogP contribution in [0.1, 0.15) is 0 Å². The number of fused-ring (bicyclic) bond motifs is 17. The summed E-state index contributed by atoms with van der Waals surface area (Å²) < 4.78 is 10.4. The van der Waals surface area contributed by atoms with Crippen molar-refractivity contribution in [3.05, 3.63) is 231 Å². The molecule has 3 nitrogen and oxygen atoms in total. The fraction of sp³-hybridized carbons (Fsp3) is 0. The summed E-state index contributed by atoms with van der Waals surface area (Å²) in [6.07, 6.45) is 0. The molecule has 6 heteroatoms. The van der Waals surface area contributed by atoms with Crippen molar-refractivity contribution >= 4 is 147 Å². The summed E-state index contributed by atoms with van der Waals surface area (Å²) in [4.78, 5) is 2.64. The normalized spacial score (nSPS) is 12.9. The minimum Gasteiger partial charge on any atom is -0.311 e. The van der Waals surface area contributed by atoms with Crippen LogP contribution < -0.4 is 21.3 Å². The van der Waals surface area contributed by atoms with Crippen molar-refractivity contribution in [2.45, 2.75) is 0 Å². The van der Waals surface area contributed by atoms with Crippen LogP contribution in [0.15, 0.2) is 231 Å². The topological polar surface area (TPSA) is 13.1 Å². The second-order valence-electron chi connectivity index (χ2n) is 19.5. The van der Waals surface area contributed by atoms with Crippen LogP contribution >= 0.6 is 22.7 Å². The molecule has 17 rings (SSSR count). The number of aromatic nitrogens is 2. The molecule has 0 saturated heterocycles. The van der Waals surface area contributed by atoms with Gasteiger partial charge in [0.05, 0.1) is 27.8 Å². The van der Waals surface area contributed by atoms with Crippen LogP contribution in [0.2, 0.25) is 0 Å². The number of benzene rings is 11. The highest BCUT2D eigenvalue weighted by Gasteiger charge is 2.44. The van der Waals surface area contributed by atoms with Crippen molar-refractivity contribution in [3.8, 4) is 33.6 Å². The molecule has 0 spiro atoms. The second kappa shape index (κ2) is 14.5. The summed E-state index contributed by atoms with van der Waals surface area (Å²) in [5.41, 5.74) is 19.9. The molecule has 332 valence electrons. The van der Waals surface area contributed by atoms with Gasteiger partial charge in [0, 0.05) is 90.2 Å². The van der Waals surface area contributed by atoms with Gasteiger partial charge in [-0.25, -0.2) is 0 Å². The summed E-state index contributed by atoms with van der Waals surface area (Å²) >= 11 is 3.88. The zero-order chi connectivity index (χ0) is 46.8. The van der Waals surface area contributed by atoms with E-state index in [1.54, 1.807) is 0 Å². The molecule has 2 aliphatic heterocycles. The molecule has 72 heavy (non-hydrogen) atoms. The van der Waals surface area contributed by atoms with E-state index in [-0.39, 0.29) is 6.71 Å². The number of rotatable bonds is 4. The molecule has 0 atom stereocenters. The molecular formula is C66H38BN3S2. The first-order chi connectivity index (χ1) is 35.7. The second-order valence-corrected chi connectivity index (χ2v) is 21.7. The van der Waals surface area contributed by atoms with Gasteiger partial charge in [-0.05, 0) is 112 Å². The summed E-state index contributed by atoms with van der Waals surface area (Å²) in [6.45, 7) is -0.0474. The lowest BCUT2D eigenvalue weighted by Crippen LogP contribution is -2.60. The van der Waals surface area contributed by atoms with Gasteiger partial charge >= 0.3 is 0 Å². The van der Waals surface area contributed by atoms with Crippen molar-refractivity contribution in [2.24, 2.45) is 0 Å². The van der Waals surface area contributed by atoms with Crippen LogP contribution in [0.4, 0.5) is 17.1 Å². The van der Waals surface area contributed by atoms with Crippen molar-refractivity contribution < 1.29 is 0 Å². The smallest absolute Gasteiger partial charge is 0.254 e. The average Bonchev–Trinajstić information content (AvgIpc) is 4.20. The SMILES string of the molecule is c1ccc(-c2cc3c4c(c2)-n2c5ccccc5c5cc6c(sc7ccccc76)c(c52)B4c2cc4sc5ccc(-n6c7ccccc7c7ccccc76)cc5c4cc2N3c2ccccc2-c2ccccc2)cc1. The first-order valence-electron chi connectivity index (χ1n) is 24.8. The van der Waals surface area contributed by atoms with Gasteiger partial charge in [0.1, 0.15) is 0 Å². The fourth-order valence-corrected chi connectivity index (χ4v) is 15.3. The van der Waals surface area contributed by atoms with E-state index in [0.29, 0.717) is 0 Å². The monoisotopic (exact) mass is 947 g/mol. The predicted molar refractivity (Wildman–Crippen MR) is 311 cm³/mol. The summed E-state index contributed by atoms with van der Waals surface area (Å²) in [6, 6.07) is 86.6. The Morgan fingerprint density at radius 3 is 1.68 bits per heavy atom. The maximum Gasteiger partial charge on any atom is 0.254 e. The molecule has 0 unspecified atom stereocenters. The molecule has 0 amide bonds. The van der Waals surface area contributed by atoms with E-state index in [2.05, 4.69) is 245 Å². The van der Waals surface area contributed by atoms with E-state index < -0.39 is 0 Å².